The highest BCUT2D eigenvalue weighted by atomic mass is 16.3. The number of aryl methyl sites for hydroxylation is 1. The van der Waals surface area contributed by atoms with Crippen molar-refractivity contribution in [1.29, 1.82) is 0 Å². The Balaban J connectivity index is 2.02. The average molecular weight is 308 g/mol. The van der Waals surface area contributed by atoms with Crippen molar-refractivity contribution in [3.8, 4) is 0 Å². The maximum atomic E-state index is 12.6. The third-order valence-electron chi connectivity index (χ3n) is 3.73. The number of carbonyl (C=O) groups excluding carboxylic acids is 1. The first kappa shape index (κ1) is 15.1. The maximum absolute atomic E-state index is 12.6. The van der Waals surface area contributed by atoms with Gasteiger partial charge in [-0.1, -0.05) is 35.9 Å². The molecule has 0 bridgehead atoms. The summed E-state index contributed by atoms with van der Waals surface area (Å²) in [6, 6.07) is 12.6. The lowest BCUT2D eigenvalue weighted by Crippen LogP contribution is -2.21. The van der Waals surface area contributed by atoms with Gasteiger partial charge >= 0.3 is 0 Å². The molecule has 0 aliphatic carbocycles. The topological polar surface area (TPSA) is 72.2 Å². The number of hydrogen-bond acceptors (Lipinski definition) is 4. The van der Waals surface area contributed by atoms with Crippen LogP contribution in [-0.2, 0) is 6.54 Å². The van der Waals surface area contributed by atoms with Gasteiger partial charge in [-0.3, -0.25) is 14.2 Å². The van der Waals surface area contributed by atoms with E-state index in [1.165, 1.54) is 12.4 Å². The Morgan fingerprint density at radius 2 is 2.04 bits per heavy atom. The van der Waals surface area contributed by atoms with Crippen LogP contribution in [-0.4, -0.2) is 27.0 Å². The predicted molar refractivity (Wildman–Crippen MR) is 87.7 cm³/mol. The Labute approximate surface area is 132 Å². The van der Waals surface area contributed by atoms with E-state index >= 15 is 0 Å². The van der Waals surface area contributed by atoms with Crippen molar-refractivity contribution in [2.75, 3.05) is 6.61 Å². The fourth-order valence-electron chi connectivity index (χ4n) is 2.54. The average Bonchev–Trinajstić information content (AvgIpc) is 2.56. The van der Waals surface area contributed by atoms with Gasteiger partial charge in [-0.05, 0) is 24.6 Å². The van der Waals surface area contributed by atoms with E-state index in [4.69, 9.17) is 5.11 Å². The van der Waals surface area contributed by atoms with E-state index in [2.05, 4.69) is 4.98 Å². The van der Waals surface area contributed by atoms with Crippen LogP contribution in [0.1, 0.15) is 21.5 Å². The van der Waals surface area contributed by atoms with E-state index in [9.17, 15) is 9.59 Å². The quantitative estimate of drug-likeness (QED) is 0.748. The molecular formula is C18H16N2O3. The molecule has 0 amide bonds. The minimum absolute atomic E-state index is 0.153. The molecule has 5 nitrogen and oxygen atoms in total. The summed E-state index contributed by atoms with van der Waals surface area (Å²) in [5.74, 6) is -0.391. The number of benzene rings is 2. The molecule has 0 unspecified atom stereocenters. The van der Waals surface area contributed by atoms with Gasteiger partial charge in [-0.25, -0.2) is 4.98 Å². The second-order valence-electron chi connectivity index (χ2n) is 5.48. The molecule has 0 saturated carbocycles. The molecule has 1 heterocycles. The molecule has 2 aromatic carbocycles. The minimum Gasteiger partial charge on any atom is -0.388 e. The van der Waals surface area contributed by atoms with Gasteiger partial charge in [0.05, 0.1) is 23.8 Å². The summed E-state index contributed by atoms with van der Waals surface area (Å²) in [5, 5.41) is 9.36. The first-order valence-electron chi connectivity index (χ1n) is 7.27. The van der Waals surface area contributed by atoms with Gasteiger partial charge in [0.1, 0.15) is 6.61 Å². The molecule has 0 aliphatic heterocycles. The van der Waals surface area contributed by atoms with Crippen molar-refractivity contribution in [3.63, 3.8) is 0 Å². The van der Waals surface area contributed by atoms with Crippen LogP contribution >= 0.6 is 0 Å². The predicted octanol–water partition coefficient (Wildman–Crippen LogP) is 1.93. The second kappa shape index (κ2) is 6.14. The smallest absolute Gasteiger partial charge is 0.261 e. The molecule has 23 heavy (non-hydrogen) atoms. The number of rotatable bonds is 4. The van der Waals surface area contributed by atoms with E-state index in [0.29, 0.717) is 23.0 Å². The Kier molecular flexibility index (Phi) is 4.04. The third kappa shape index (κ3) is 3.05. The van der Waals surface area contributed by atoms with Crippen LogP contribution < -0.4 is 5.56 Å². The monoisotopic (exact) mass is 308 g/mol. The standard InChI is InChI=1S/C18H16N2O3/c1-12-3-2-4-13(7-12)9-20-11-19-16-8-14(17(22)10-21)5-6-15(16)18(20)23/h2-8,11,21H,9-10H2,1H3. The molecule has 0 saturated heterocycles. The number of ketones is 1. The molecule has 116 valence electrons. The molecule has 3 aromatic rings. The molecule has 1 N–H and O–H groups in total. The van der Waals surface area contributed by atoms with Crippen LogP contribution in [0.3, 0.4) is 0 Å². The van der Waals surface area contributed by atoms with E-state index < -0.39 is 12.4 Å². The Bertz CT molecular complexity index is 944. The largest absolute Gasteiger partial charge is 0.388 e. The normalized spacial score (nSPS) is 10.9. The number of Topliss-reactive ketones (excluding diaryl/α,β-unsaturated/α-hetero) is 1. The summed E-state index contributed by atoms with van der Waals surface area (Å²) in [4.78, 5) is 28.3. The highest BCUT2D eigenvalue weighted by Gasteiger charge is 2.09. The first-order chi connectivity index (χ1) is 11.1. The van der Waals surface area contributed by atoms with E-state index in [0.717, 1.165) is 11.1 Å². The summed E-state index contributed by atoms with van der Waals surface area (Å²) < 4.78 is 1.55. The van der Waals surface area contributed by atoms with Crippen molar-refractivity contribution in [1.82, 2.24) is 9.55 Å². The van der Waals surface area contributed by atoms with Crippen LogP contribution in [0.4, 0.5) is 0 Å². The Hall–Kier alpha value is -2.79. The van der Waals surface area contributed by atoms with Gasteiger partial charge in [0.15, 0.2) is 5.78 Å². The summed E-state index contributed by atoms with van der Waals surface area (Å²) >= 11 is 0. The fourth-order valence-corrected chi connectivity index (χ4v) is 2.54. The molecule has 0 atom stereocenters. The van der Waals surface area contributed by atoms with Crippen LogP contribution in [0.15, 0.2) is 53.6 Å². The van der Waals surface area contributed by atoms with Crippen molar-refractivity contribution < 1.29 is 9.90 Å². The molecule has 3 rings (SSSR count). The number of aromatic nitrogens is 2. The molecule has 0 spiro atoms. The van der Waals surface area contributed by atoms with Gasteiger partial charge in [-0.2, -0.15) is 0 Å². The highest BCUT2D eigenvalue weighted by molar-refractivity contribution is 5.99. The third-order valence-corrected chi connectivity index (χ3v) is 3.73. The zero-order valence-electron chi connectivity index (χ0n) is 12.7. The van der Waals surface area contributed by atoms with Crippen molar-refractivity contribution in [2.45, 2.75) is 13.5 Å². The van der Waals surface area contributed by atoms with Gasteiger partial charge in [-0.15, -0.1) is 0 Å². The zero-order chi connectivity index (χ0) is 16.4. The van der Waals surface area contributed by atoms with Crippen LogP contribution in [0, 0.1) is 6.92 Å². The lowest BCUT2D eigenvalue weighted by Gasteiger charge is -2.08. The van der Waals surface area contributed by atoms with Crippen molar-refractivity contribution in [3.05, 3.63) is 75.8 Å². The second-order valence-corrected chi connectivity index (χ2v) is 5.48. The maximum Gasteiger partial charge on any atom is 0.261 e. The molecule has 0 radical (unpaired) electrons. The van der Waals surface area contributed by atoms with E-state index in [1.54, 1.807) is 16.7 Å². The number of carbonyl (C=O) groups is 1. The number of aliphatic hydroxyl groups is 1. The molecule has 0 aliphatic rings. The zero-order valence-corrected chi connectivity index (χ0v) is 12.7. The number of aliphatic hydroxyl groups excluding tert-OH is 1. The molecule has 1 aromatic heterocycles. The van der Waals surface area contributed by atoms with E-state index in [1.807, 2.05) is 31.2 Å². The van der Waals surface area contributed by atoms with Crippen molar-refractivity contribution >= 4 is 16.7 Å². The Morgan fingerprint density at radius 1 is 1.22 bits per heavy atom. The fraction of sp³-hybridized carbons (Fsp3) is 0.167. The van der Waals surface area contributed by atoms with Crippen LogP contribution in [0.5, 0.6) is 0 Å². The molecule has 5 heteroatoms. The van der Waals surface area contributed by atoms with Gasteiger partial charge < -0.3 is 5.11 Å². The first-order valence-corrected chi connectivity index (χ1v) is 7.27. The molecule has 0 fully saturated rings. The molecular weight excluding hydrogens is 292 g/mol. The Morgan fingerprint density at radius 3 is 2.78 bits per heavy atom. The van der Waals surface area contributed by atoms with Gasteiger partial charge in [0, 0.05) is 5.56 Å². The van der Waals surface area contributed by atoms with E-state index in [-0.39, 0.29) is 5.56 Å². The minimum atomic E-state index is -0.560. The summed E-state index contributed by atoms with van der Waals surface area (Å²) in [7, 11) is 0. The lowest BCUT2D eigenvalue weighted by atomic mass is 10.1. The SMILES string of the molecule is Cc1cccc(Cn2cnc3cc(C(=O)CO)ccc3c2=O)c1. The number of hydrogen-bond donors (Lipinski definition) is 1. The summed E-state index contributed by atoms with van der Waals surface area (Å²) in [6.45, 7) is 1.89. The number of nitrogens with zero attached hydrogens (tertiary/aromatic N) is 2. The van der Waals surface area contributed by atoms with Crippen LogP contribution in [0.25, 0.3) is 10.9 Å². The van der Waals surface area contributed by atoms with Crippen LogP contribution in [0.2, 0.25) is 0 Å². The lowest BCUT2D eigenvalue weighted by molar-refractivity contribution is 0.0904. The number of fused-ring (bicyclic) bond motifs is 1. The highest BCUT2D eigenvalue weighted by Crippen LogP contribution is 2.12. The summed E-state index contributed by atoms with van der Waals surface area (Å²) in [6.07, 6.45) is 1.49. The van der Waals surface area contributed by atoms with Gasteiger partial charge in [0.2, 0.25) is 0 Å². The summed E-state index contributed by atoms with van der Waals surface area (Å²) in [5.41, 5.74) is 2.81. The van der Waals surface area contributed by atoms with Gasteiger partial charge in [0.25, 0.3) is 5.56 Å². The van der Waals surface area contributed by atoms with Crippen molar-refractivity contribution in [2.24, 2.45) is 0 Å².